The van der Waals surface area contributed by atoms with Gasteiger partial charge in [-0.2, -0.15) is 0 Å². The molecule has 0 aliphatic rings. The Morgan fingerprint density at radius 2 is 1.45 bits per heavy atom. The van der Waals surface area contributed by atoms with Crippen molar-refractivity contribution >= 4 is 46.9 Å². The van der Waals surface area contributed by atoms with Gasteiger partial charge in [-0.25, -0.2) is 0 Å². The van der Waals surface area contributed by atoms with Crippen molar-refractivity contribution in [2.24, 2.45) is 0 Å². The average molecular weight is 612 g/mol. The van der Waals surface area contributed by atoms with Gasteiger partial charge < -0.3 is 30.2 Å². The predicted octanol–water partition coefficient (Wildman–Crippen LogP) is 6.24. The van der Waals surface area contributed by atoms with E-state index in [0.29, 0.717) is 39.8 Å². The summed E-state index contributed by atoms with van der Waals surface area (Å²) in [4.78, 5) is 40.1. The number of hydrogen-bond donors (Lipinski definition) is 3. The minimum atomic E-state index is -0.531. The first-order valence-electron chi connectivity index (χ1n) is 13.6. The van der Waals surface area contributed by atoms with E-state index in [-0.39, 0.29) is 11.6 Å². The van der Waals surface area contributed by atoms with E-state index < -0.39 is 17.1 Å². The highest BCUT2D eigenvalue weighted by Gasteiger charge is 2.18. The first-order chi connectivity index (χ1) is 21.3. The molecule has 3 amide bonds. The highest BCUT2D eigenvalue weighted by atomic mass is 32.2. The molecule has 4 aromatic carbocycles. The molecule has 226 valence electrons. The average Bonchev–Trinajstić information content (AvgIpc) is 3.05. The summed E-state index contributed by atoms with van der Waals surface area (Å²) in [6.07, 6.45) is 1.56. The standard InChI is InChI=1S/C34H33N3O6S/c1-22(32(38)35-25-14-16-27(41-2)17-15-25)44-28-12-8-11-26(21-28)36-34(40)29(37-33(39)24-9-6-5-7-10-24)19-23-13-18-30(42-3)31(20-23)43-4/h5-22H,1-4H3,(H,35,38)(H,36,40)(H,37,39)/b29-19+. The molecular formula is C34H33N3O6S. The third-order valence-electron chi connectivity index (χ3n) is 6.38. The first kappa shape index (κ1) is 31.7. The third-order valence-corrected chi connectivity index (χ3v) is 7.47. The number of methoxy groups -OCH3 is 3. The minimum Gasteiger partial charge on any atom is -0.497 e. The molecule has 0 heterocycles. The van der Waals surface area contributed by atoms with Crippen molar-refractivity contribution in [1.29, 1.82) is 0 Å². The second kappa shape index (κ2) is 15.3. The fourth-order valence-electron chi connectivity index (χ4n) is 4.07. The van der Waals surface area contributed by atoms with E-state index in [1.807, 2.05) is 6.07 Å². The third kappa shape index (κ3) is 8.65. The number of carbonyl (C=O) groups is 3. The number of thioether (sulfide) groups is 1. The second-order valence-corrected chi connectivity index (χ2v) is 10.9. The summed E-state index contributed by atoms with van der Waals surface area (Å²) in [5.41, 5.74) is 2.20. The Morgan fingerprint density at radius 3 is 2.14 bits per heavy atom. The highest BCUT2D eigenvalue weighted by Crippen LogP contribution is 2.29. The van der Waals surface area contributed by atoms with Gasteiger partial charge in [0.05, 0.1) is 26.6 Å². The maximum atomic E-state index is 13.5. The monoisotopic (exact) mass is 611 g/mol. The summed E-state index contributed by atoms with van der Waals surface area (Å²) >= 11 is 1.35. The second-order valence-electron chi connectivity index (χ2n) is 9.45. The van der Waals surface area contributed by atoms with Crippen molar-refractivity contribution in [3.8, 4) is 17.2 Å². The van der Waals surface area contributed by atoms with Crippen molar-refractivity contribution in [2.75, 3.05) is 32.0 Å². The van der Waals surface area contributed by atoms with Gasteiger partial charge in [0, 0.05) is 21.8 Å². The lowest BCUT2D eigenvalue weighted by Crippen LogP contribution is -2.30. The fourth-order valence-corrected chi connectivity index (χ4v) is 5.00. The van der Waals surface area contributed by atoms with Crippen LogP contribution >= 0.6 is 11.8 Å². The molecule has 44 heavy (non-hydrogen) atoms. The van der Waals surface area contributed by atoms with E-state index in [1.165, 1.54) is 26.0 Å². The van der Waals surface area contributed by atoms with Gasteiger partial charge in [0.1, 0.15) is 11.4 Å². The molecule has 0 aliphatic carbocycles. The van der Waals surface area contributed by atoms with Gasteiger partial charge in [0.15, 0.2) is 11.5 Å². The molecule has 4 rings (SSSR count). The predicted molar refractivity (Wildman–Crippen MR) is 173 cm³/mol. The van der Waals surface area contributed by atoms with Crippen molar-refractivity contribution in [1.82, 2.24) is 5.32 Å². The molecule has 3 N–H and O–H groups in total. The number of benzene rings is 4. The Labute approximate surface area is 260 Å². The molecule has 0 saturated carbocycles. The molecule has 0 saturated heterocycles. The number of nitrogens with one attached hydrogen (secondary N) is 3. The molecule has 1 unspecified atom stereocenters. The lowest BCUT2D eigenvalue weighted by molar-refractivity contribution is -0.115. The number of anilines is 2. The molecular weight excluding hydrogens is 578 g/mol. The molecule has 0 spiro atoms. The van der Waals surface area contributed by atoms with E-state index >= 15 is 0 Å². The van der Waals surface area contributed by atoms with Gasteiger partial charge in [0.2, 0.25) is 5.91 Å². The SMILES string of the molecule is COc1ccc(NC(=O)C(C)Sc2cccc(NC(=O)/C(=C\c3ccc(OC)c(OC)c3)NC(=O)c3ccccc3)c2)cc1. The van der Waals surface area contributed by atoms with Crippen LogP contribution in [0.4, 0.5) is 11.4 Å². The quantitative estimate of drug-likeness (QED) is 0.128. The van der Waals surface area contributed by atoms with Gasteiger partial charge in [-0.1, -0.05) is 30.3 Å². The van der Waals surface area contributed by atoms with Gasteiger partial charge in [-0.15, -0.1) is 11.8 Å². The van der Waals surface area contributed by atoms with Crippen LogP contribution in [0, 0.1) is 0 Å². The van der Waals surface area contributed by atoms with Crippen molar-refractivity contribution < 1.29 is 28.6 Å². The molecule has 0 bridgehead atoms. The zero-order valence-corrected chi connectivity index (χ0v) is 25.6. The van der Waals surface area contributed by atoms with Gasteiger partial charge >= 0.3 is 0 Å². The largest absolute Gasteiger partial charge is 0.497 e. The molecule has 0 radical (unpaired) electrons. The number of amides is 3. The zero-order chi connectivity index (χ0) is 31.5. The molecule has 1 atom stereocenters. The molecule has 0 aliphatic heterocycles. The van der Waals surface area contributed by atoms with Crippen LogP contribution in [0.1, 0.15) is 22.8 Å². The number of rotatable bonds is 12. The van der Waals surface area contributed by atoms with Crippen LogP contribution in [0.3, 0.4) is 0 Å². The summed E-state index contributed by atoms with van der Waals surface area (Å²) in [5.74, 6) is 0.574. The fraction of sp³-hybridized carbons (Fsp3) is 0.147. The number of carbonyl (C=O) groups excluding carboxylic acids is 3. The number of ether oxygens (including phenoxy) is 3. The van der Waals surface area contributed by atoms with Crippen LogP contribution < -0.4 is 30.2 Å². The maximum absolute atomic E-state index is 13.5. The molecule has 0 fully saturated rings. The van der Waals surface area contributed by atoms with Crippen LogP contribution in [-0.2, 0) is 9.59 Å². The van der Waals surface area contributed by atoms with Crippen LogP contribution in [0.5, 0.6) is 17.2 Å². The van der Waals surface area contributed by atoms with E-state index in [1.54, 1.807) is 111 Å². The summed E-state index contributed by atoms with van der Waals surface area (Å²) in [6, 6.07) is 28.0. The van der Waals surface area contributed by atoms with Crippen molar-refractivity contribution in [3.63, 3.8) is 0 Å². The van der Waals surface area contributed by atoms with Gasteiger partial charge in [0.25, 0.3) is 11.8 Å². The van der Waals surface area contributed by atoms with Crippen LogP contribution in [0.25, 0.3) is 6.08 Å². The van der Waals surface area contributed by atoms with Gasteiger partial charge in [-0.3, -0.25) is 14.4 Å². The maximum Gasteiger partial charge on any atom is 0.272 e. The first-order valence-corrected chi connectivity index (χ1v) is 14.5. The Hall–Kier alpha value is -5.22. The highest BCUT2D eigenvalue weighted by molar-refractivity contribution is 8.00. The smallest absolute Gasteiger partial charge is 0.272 e. The van der Waals surface area contributed by atoms with Crippen LogP contribution in [0.2, 0.25) is 0 Å². The number of hydrogen-bond acceptors (Lipinski definition) is 7. The Balaban J connectivity index is 1.50. The topological polar surface area (TPSA) is 115 Å². The molecule has 4 aromatic rings. The van der Waals surface area contributed by atoms with Crippen molar-refractivity contribution in [3.05, 3.63) is 114 Å². The Bertz CT molecular complexity index is 1640. The van der Waals surface area contributed by atoms with Crippen LogP contribution in [0.15, 0.2) is 108 Å². The Kier molecular flexibility index (Phi) is 11.0. The van der Waals surface area contributed by atoms with E-state index in [4.69, 9.17) is 14.2 Å². The van der Waals surface area contributed by atoms with Gasteiger partial charge in [-0.05, 0) is 85.3 Å². The summed E-state index contributed by atoms with van der Waals surface area (Å²) in [5, 5.41) is 8.07. The Morgan fingerprint density at radius 1 is 0.727 bits per heavy atom. The molecule has 9 nitrogen and oxygen atoms in total. The summed E-state index contributed by atoms with van der Waals surface area (Å²) < 4.78 is 15.9. The summed E-state index contributed by atoms with van der Waals surface area (Å²) in [7, 11) is 4.64. The normalized spacial score (nSPS) is 11.6. The van der Waals surface area contributed by atoms with Crippen molar-refractivity contribution in [2.45, 2.75) is 17.1 Å². The zero-order valence-electron chi connectivity index (χ0n) is 24.8. The molecule has 0 aromatic heterocycles. The van der Waals surface area contributed by atoms with E-state index in [2.05, 4.69) is 16.0 Å². The van der Waals surface area contributed by atoms with Crippen LogP contribution in [-0.4, -0.2) is 44.3 Å². The lowest BCUT2D eigenvalue weighted by Gasteiger charge is -2.14. The lowest BCUT2D eigenvalue weighted by atomic mass is 10.1. The summed E-state index contributed by atoms with van der Waals surface area (Å²) in [6.45, 7) is 1.80. The van der Waals surface area contributed by atoms with E-state index in [9.17, 15) is 14.4 Å². The van der Waals surface area contributed by atoms with E-state index in [0.717, 1.165) is 4.90 Å². The minimum absolute atomic E-state index is 0.0244. The molecule has 10 heteroatoms.